The lowest BCUT2D eigenvalue weighted by Gasteiger charge is -2.14. The minimum Gasteiger partial charge on any atom is -0.389 e. The average molecular weight is 289 g/mol. The van der Waals surface area contributed by atoms with Crippen LogP contribution in [0.3, 0.4) is 0 Å². The van der Waals surface area contributed by atoms with Crippen molar-refractivity contribution in [2.24, 2.45) is 5.92 Å². The van der Waals surface area contributed by atoms with Gasteiger partial charge in [-0.15, -0.1) is 0 Å². The van der Waals surface area contributed by atoms with Gasteiger partial charge < -0.3 is 15.2 Å². The highest BCUT2D eigenvalue weighted by molar-refractivity contribution is 5.46. The number of anilines is 1. The summed E-state index contributed by atoms with van der Waals surface area (Å²) < 4.78 is 42.9. The van der Waals surface area contributed by atoms with Crippen molar-refractivity contribution in [2.75, 3.05) is 25.1 Å². The van der Waals surface area contributed by atoms with Crippen molar-refractivity contribution in [3.8, 4) is 0 Å². The molecule has 0 saturated heterocycles. The number of halogens is 3. The molecule has 1 unspecified atom stereocenters. The van der Waals surface area contributed by atoms with Gasteiger partial charge in [0.1, 0.15) is 0 Å². The summed E-state index contributed by atoms with van der Waals surface area (Å²) in [6, 6.07) is 4.91. The van der Waals surface area contributed by atoms with Crippen LogP contribution in [0, 0.1) is 5.92 Å². The Morgan fingerprint density at radius 2 is 2.10 bits per heavy atom. The van der Waals surface area contributed by atoms with Gasteiger partial charge in [-0.3, -0.25) is 0 Å². The van der Waals surface area contributed by atoms with E-state index in [1.165, 1.54) is 25.0 Å². The number of hydrogen-bond acceptors (Lipinski definition) is 3. The SMILES string of the molecule is OC(CNc1cccc(C(F)(F)F)c1)COCC1CC1. The molecule has 112 valence electrons. The molecule has 1 fully saturated rings. The largest absolute Gasteiger partial charge is 0.416 e. The first-order chi connectivity index (χ1) is 9.45. The van der Waals surface area contributed by atoms with Crippen LogP contribution in [0.1, 0.15) is 18.4 Å². The number of aliphatic hydroxyl groups excluding tert-OH is 1. The normalized spacial score (nSPS) is 17.0. The third-order valence-corrected chi connectivity index (χ3v) is 3.09. The van der Waals surface area contributed by atoms with E-state index in [4.69, 9.17) is 4.74 Å². The maximum absolute atomic E-state index is 12.5. The molecule has 0 bridgehead atoms. The Morgan fingerprint density at radius 3 is 2.75 bits per heavy atom. The quantitative estimate of drug-likeness (QED) is 0.811. The topological polar surface area (TPSA) is 41.5 Å². The lowest BCUT2D eigenvalue weighted by molar-refractivity contribution is -0.137. The van der Waals surface area contributed by atoms with E-state index >= 15 is 0 Å². The molecule has 2 rings (SSSR count). The van der Waals surface area contributed by atoms with Gasteiger partial charge >= 0.3 is 6.18 Å². The Hall–Kier alpha value is -1.27. The van der Waals surface area contributed by atoms with Crippen LogP contribution in [0.4, 0.5) is 18.9 Å². The van der Waals surface area contributed by atoms with Crippen molar-refractivity contribution in [1.29, 1.82) is 0 Å². The molecule has 1 aromatic rings. The summed E-state index contributed by atoms with van der Waals surface area (Å²) in [5.74, 6) is 0.624. The minimum absolute atomic E-state index is 0.159. The first-order valence-electron chi connectivity index (χ1n) is 6.62. The van der Waals surface area contributed by atoms with Gasteiger partial charge in [0.25, 0.3) is 0 Å². The van der Waals surface area contributed by atoms with Gasteiger partial charge in [0, 0.05) is 18.8 Å². The second-order valence-corrected chi connectivity index (χ2v) is 5.09. The monoisotopic (exact) mass is 289 g/mol. The van der Waals surface area contributed by atoms with E-state index in [0.29, 0.717) is 18.2 Å². The third kappa shape index (κ3) is 5.02. The Kier molecular flexibility index (Phi) is 4.88. The van der Waals surface area contributed by atoms with Crippen molar-refractivity contribution in [1.82, 2.24) is 0 Å². The summed E-state index contributed by atoms with van der Waals surface area (Å²) in [6.07, 6.45) is -2.73. The van der Waals surface area contributed by atoms with Crippen LogP contribution in [-0.2, 0) is 10.9 Å². The Bertz CT molecular complexity index is 433. The second kappa shape index (κ2) is 6.45. The first kappa shape index (κ1) is 15.1. The molecule has 1 saturated carbocycles. The number of hydrogen-bond donors (Lipinski definition) is 2. The summed E-state index contributed by atoms with van der Waals surface area (Å²) in [5.41, 5.74) is -0.372. The zero-order chi connectivity index (χ0) is 14.6. The zero-order valence-corrected chi connectivity index (χ0v) is 11.0. The summed E-state index contributed by atoms with van der Waals surface area (Å²) >= 11 is 0. The molecule has 2 N–H and O–H groups in total. The van der Waals surface area contributed by atoms with E-state index in [1.807, 2.05) is 0 Å². The van der Waals surface area contributed by atoms with Gasteiger partial charge in [0.05, 0.1) is 18.3 Å². The Morgan fingerprint density at radius 1 is 1.35 bits per heavy atom. The summed E-state index contributed by atoms with van der Waals surface area (Å²) in [6.45, 7) is 1.01. The molecule has 20 heavy (non-hydrogen) atoms. The van der Waals surface area contributed by atoms with E-state index in [1.54, 1.807) is 0 Å². The number of aliphatic hydroxyl groups is 1. The van der Waals surface area contributed by atoms with Gasteiger partial charge in [0.15, 0.2) is 0 Å². The van der Waals surface area contributed by atoms with Crippen LogP contribution < -0.4 is 5.32 Å². The van der Waals surface area contributed by atoms with Gasteiger partial charge in [0.2, 0.25) is 0 Å². The lowest BCUT2D eigenvalue weighted by atomic mass is 10.2. The van der Waals surface area contributed by atoms with Gasteiger partial charge in [-0.2, -0.15) is 13.2 Å². The third-order valence-electron chi connectivity index (χ3n) is 3.09. The second-order valence-electron chi connectivity index (χ2n) is 5.09. The molecule has 1 aromatic carbocycles. The van der Waals surface area contributed by atoms with Crippen LogP contribution in [0.5, 0.6) is 0 Å². The molecule has 6 heteroatoms. The molecule has 3 nitrogen and oxygen atoms in total. The van der Waals surface area contributed by atoms with Crippen molar-refractivity contribution in [3.63, 3.8) is 0 Å². The minimum atomic E-state index is -4.36. The molecule has 1 aliphatic carbocycles. The molecule has 0 heterocycles. The highest BCUT2D eigenvalue weighted by Crippen LogP contribution is 2.30. The van der Waals surface area contributed by atoms with E-state index in [-0.39, 0.29) is 13.2 Å². The predicted molar refractivity (Wildman–Crippen MR) is 69.5 cm³/mol. The van der Waals surface area contributed by atoms with Crippen LogP contribution in [-0.4, -0.2) is 31.0 Å². The van der Waals surface area contributed by atoms with E-state index < -0.39 is 17.8 Å². The molecule has 0 spiro atoms. The summed E-state index contributed by atoms with van der Waals surface area (Å²) in [4.78, 5) is 0. The number of benzene rings is 1. The fourth-order valence-electron chi connectivity index (χ4n) is 1.76. The van der Waals surface area contributed by atoms with Crippen LogP contribution >= 0.6 is 0 Å². The van der Waals surface area contributed by atoms with Gasteiger partial charge in [-0.1, -0.05) is 6.07 Å². The molecular weight excluding hydrogens is 271 g/mol. The van der Waals surface area contributed by atoms with E-state index in [0.717, 1.165) is 12.1 Å². The van der Waals surface area contributed by atoms with Gasteiger partial charge in [-0.05, 0) is 37.0 Å². The average Bonchev–Trinajstić information content (AvgIpc) is 3.20. The van der Waals surface area contributed by atoms with Gasteiger partial charge in [-0.25, -0.2) is 0 Å². The molecule has 0 radical (unpaired) electrons. The number of rotatable bonds is 7. The number of nitrogens with one attached hydrogen (secondary N) is 1. The summed E-state index contributed by atoms with van der Waals surface area (Å²) in [5, 5.41) is 12.4. The molecule has 0 aromatic heterocycles. The van der Waals surface area contributed by atoms with E-state index in [9.17, 15) is 18.3 Å². The maximum atomic E-state index is 12.5. The van der Waals surface area contributed by atoms with Crippen molar-refractivity contribution in [3.05, 3.63) is 29.8 Å². The Labute approximate surface area is 115 Å². The van der Waals surface area contributed by atoms with Crippen molar-refractivity contribution >= 4 is 5.69 Å². The fraction of sp³-hybridized carbons (Fsp3) is 0.571. The number of ether oxygens (including phenoxy) is 1. The fourth-order valence-corrected chi connectivity index (χ4v) is 1.76. The highest BCUT2D eigenvalue weighted by atomic mass is 19.4. The van der Waals surface area contributed by atoms with Crippen LogP contribution in [0.15, 0.2) is 24.3 Å². The molecule has 1 aliphatic rings. The van der Waals surface area contributed by atoms with Crippen LogP contribution in [0.2, 0.25) is 0 Å². The maximum Gasteiger partial charge on any atom is 0.416 e. The molecule has 1 atom stereocenters. The first-order valence-corrected chi connectivity index (χ1v) is 6.62. The Balaban J connectivity index is 1.74. The standard InChI is InChI=1S/C14H18F3NO2/c15-14(16,17)11-2-1-3-12(6-11)18-7-13(19)9-20-8-10-4-5-10/h1-3,6,10,13,18-19H,4-5,7-9H2. The van der Waals surface area contributed by atoms with Crippen molar-refractivity contribution in [2.45, 2.75) is 25.1 Å². The predicted octanol–water partition coefficient (Wildman–Crippen LogP) is 2.90. The van der Waals surface area contributed by atoms with E-state index in [2.05, 4.69) is 5.32 Å². The van der Waals surface area contributed by atoms with Crippen molar-refractivity contribution < 1.29 is 23.0 Å². The summed E-state index contributed by atoms with van der Waals surface area (Å²) in [7, 11) is 0. The van der Waals surface area contributed by atoms with Crippen LogP contribution in [0.25, 0.3) is 0 Å². The molecule has 0 amide bonds. The lowest BCUT2D eigenvalue weighted by Crippen LogP contribution is -2.25. The highest BCUT2D eigenvalue weighted by Gasteiger charge is 2.30. The zero-order valence-electron chi connectivity index (χ0n) is 11.0. The molecular formula is C14H18F3NO2. The smallest absolute Gasteiger partial charge is 0.389 e. The number of alkyl halides is 3. The molecule has 0 aliphatic heterocycles.